The van der Waals surface area contributed by atoms with E-state index in [1.165, 1.54) is 0 Å². The number of halogens is 3. The number of aliphatic carboxylic acids is 1. The fourth-order valence-corrected chi connectivity index (χ4v) is 4.47. The summed E-state index contributed by atoms with van der Waals surface area (Å²) in [6, 6.07) is 12.9. The number of amides is 2. The second kappa shape index (κ2) is 9.36. The largest absolute Gasteiger partial charge is 0.481 e. The summed E-state index contributed by atoms with van der Waals surface area (Å²) in [7, 11) is 0. The zero-order valence-electron chi connectivity index (χ0n) is 18.0. The van der Waals surface area contributed by atoms with Crippen LogP contribution >= 0.6 is 0 Å². The molecule has 1 saturated carbocycles. The molecule has 2 aromatic carbocycles. The lowest BCUT2D eigenvalue weighted by molar-refractivity contribution is -0.171. The van der Waals surface area contributed by atoms with E-state index in [1.54, 1.807) is 5.32 Å². The van der Waals surface area contributed by atoms with Gasteiger partial charge >= 0.3 is 18.2 Å². The van der Waals surface area contributed by atoms with Crippen molar-refractivity contribution in [2.75, 3.05) is 6.61 Å². The summed E-state index contributed by atoms with van der Waals surface area (Å²) in [4.78, 5) is 35.0. The Balaban J connectivity index is 1.26. The Hall–Kier alpha value is -3.56. The van der Waals surface area contributed by atoms with Crippen LogP contribution in [-0.4, -0.2) is 47.9 Å². The second-order valence-corrected chi connectivity index (χ2v) is 8.54. The lowest BCUT2D eigenvalue weighted by Crippen LogP contribution is -2.54. The molecule has 1 atom stereocenters. The minimum Gasteiger partial charge on any atom is -0.481 e. The van der Waals surface area contributed by atoms with Crippen LogP contribution in [0.15, 0.2) is 48.5 Å². The minimum absolute atomic E-state index is 0.105. The second-order valence-electron chi connectivity index (χ2n) is 8.54. The number of carboxylic acid groups (broad SMARTS) is 1. The molecule has 0 heterocycles. The number of hydrogen-bond acceptors (Lipinski definition) is 4. The molecule has 3 N–H and O–H groups in total. The van der Waals surface area contributed by atoms with Crippen molar-refractivity contribution in [3.63, 3.8) is 0 Å². The Labute approximate surface area is 193 Å². The van der Waals surface area contributed by atoms with E-state index in [0.717, 1.165) is 22.3 Å². The molecule has 180 valence electrons. The lowest BCUT2D eigenvalue weighted by Gasteiger charge is -2.35. The van der Waals surface area contributed by atoms with Gasteiger partial charge in [0.1, 0.15) is 12.6 Å². The summed E-state index contributed by atoms with van der Waals surface area (Å²) in [6.07, 6.45) is -6.48. The van der Waals surface area contributed by atoms with Crippen LogP contribution in [0.2, 0.25) is 0 Å². The van der Waals surface area contributed by atoms with Gasteiger partial charge in [0.25, 0.3) is 0 Å². The van der Waals surface area contributed by atoms with Crippen molar-refractivity contribution in [3.8, 4) is 11.1 Å². The van der Waals surface area contributed by atoms with Crippen LogP contribution in [0.5, 0.6) is 0 Å². The molecule has 0 spiro atoms. The first-order valence-corrected chi connectivity index (χ1v) is 10.8. The maximum absolute atomic E-state index is 12.9. The van der Waals surface area contributed by atoms with E-state index in [1.807, 2.05) is 48.5 Å². The Morgan fingerprint density at radius 2 is 1.56 bits per heavy atom. The summed E-state index contributed by atoms with van der Waals surface area (Å²) in [5.74, 6) is -3.38. The van der Waals surface area contributed by atoms with Crippen molar-refractivity contribution in [3.05, 3.63) is 59.7 Å². The highest BCUT2D eigenvalue weighted by Gasteiger charge is 2.44. The third kappa shape index (κ3) is 5.00. The summed E-state index contributed by atoms with van der Waals surface area (Å²) >= 11 is 0. The van der Waals surface area contributed by atoms with Gasteiger partial charge in [-0.05, 0) is 35.1 Å². The number of hydrogen-bond donors (Lipinski definition) is 3. The third-order valence-corrected chi connectivity index (χ3v) is 6.26. The number of carbonyl (C=O) groups is 3. The van der Waals surface area contributed by atoms with Crippen molar-refractivity contribution < 1.29 is 37.4 Å². The number of nitrogens with one attached hydrogen (secondary N) is 2. The number of ether oxygens (including phenoxy) is 1. The molecule has 0 bridgehead atoms. The average molecular weight is 476 g/mol. The fraction of sp³-hybridized carbons (Fsp3) is 0.375. The maximum Gasteiger partial charge on any atom is 0.409 e. The zero-order chi connectivity index (χ0) is 24.5. The molecular formula is C24H23F3N2O5. The van der Waals surface area contributed by atoms with Gasteiger partial charge in [-0.15, -0.1) is 0 Å². The van der Waals surface area contributed by atoms with E-state index in [0.29, 0.717) is 0 Å². The first kappa shape index (κ1) is 23.6. The number of benzene rings is 2. The molecule has 0 aliphatic heterocycles. The van der Waals surface area contributed by atoms with Crippen LogP contribution < -0.4 is 10.6 Å². The van der Waals surface area contributed by atoms with E-state index in [9.17, 15) is 27.6 Å². The molecule has 0 radical (unpaired) electrons. The van der Waals surface area contributed by atoms with Crippen LogP contribution in [0.25, 0.3) is 11.1 Å². The predicted molar refractivity (Wildman–Crippen MR) is 115 cm³/mol. The Morgan fingerprint density at radius 3 is 2.09 bits per heavy atom. The van der Waals surface area contributed by atoms with Crippen molar-refractivity contribution in [1.82, 2.24) is 10.6 Å². The molecule has 10 heteroatoms. The summed E-state index contributed by atoms with van der Waals surface area (Å²) < 4.78 is 44.2. The number of alkyl halides is 3. The molecule has 34 heavy (non-hydrogen) atoms. The lowest BCUT2D eigenvalue weighted by atomic mass is 9.79. The van der Waals surface area contributed by atoms with Gasteiger partial charge in [-0.25, -0.2) is 4.79 Å². The van der Waals surface area contributed by atoms with Gasteiger partial charge in [-0.3, -0.25) is 9.59 Å². The normalized spacial score (nSPS) is 19.9. The minimum atomic E-state index is -4.86. The van der Waals surface area contributed by atoms with E-state index in [-0.39, 0.29) is 25.4 Å². The van der Waals surface area contributed by atoms with Crippen LogP contribution in [0.4, 0.5) is 18.0 Å². The first-order valence-electron chi connectivity index (χ1n) is 10.8. The molecule has 1 unspecified atom stereocenters. The number of carbonyl (C=O) groups excluding carboxylic acids is 2. The maximum atomic E-state index is 12.9. The number of rotatable bonds is 7. The first-order chi connectivity index (χ1) is 16.1. The monoisotopic (exact) mass is 476 g/mol. The summed E-state index contributed by atoms with van der Waals surface area (Å²) in [5, 5.41) is 13.0. The summed E-state index contributed by atoms with van der Waals surface area (Å²) in [5.41, 5.74) is 4.33. The molecule has 2 amide bonds. The molecule has 0 saturated heterocycles. The molecule has 2 aromatic rings. The van der Waals surface area contributed by atoms with Crippen LogP contribution in [0, 0.1) is 5.92 Å². The molecule has 0 aromatic heterocycles. The SMILES string of the molecule is O=C(O)CC(NC(=O)C1CC(NC(=O)OCC2c3ccccc3-c3ccccc32)C1)C(F)(F)F. The van der Waals surface area contributed by atoms with Crippen molar-refractivity contribution in [1.29, 1.82) is 0 Å². The van der Waals surface area contributed by atoms with Gasteiger partial charge in [-0.1, -0.05) is 48.5 Å². The van der Waals surface area contributed by atoms with Gasteiger partial charge in [-0.2, -0.15) is 13.2 Å². The highest BCUT2D eigenvalue weighted by atomic mass is 19.4. The van der Waals surface area contributed by atoms with Gasteiger partial charge in [0.15, 0.2) is 0 Å². The number of alkyl carbamates (subject to hydrolysis) is 1. The van der Waals surface area contributed by atoms with Crippen LogP contribution in [0.3, 0.4) is 0 Å². The van der Waals surface area contributed by atoms with Crippen LogP contribution in [-0.2, 0) is 14.3 Å². The molecule has 1 fully saturated rings. The van der Waals surface area contributed by atoms with E-state index in [4.69, 9.17) is 9.84 Å². The van der Waals surface area contributed by atoms with E-state index >= 15 is 0 Å². The average Bonchev–Trinajstić information content (AvgIpc) is 3.07. The number of fused-ring (bicyclic) bond motifs is 3. The van der Waals surface area contributed by atoms with Crippen molar-refractivity contribution >= 4 is 18.0 Å². The van der Waals surface area contributed by atoms with Gasteiger partial charge in [0.05, 0.1) is 6.42 Å². The summed E-state index contributed by atoms with van der Waals surface area (Å²) in [6.45, 7) is 0.124. The predicted octanol–water partition coefficient (Wildman–Crippen LogP) is 3.83. The molecular weight excluding hydrogens is 453 g/mol. The highest BCUT2D eigenvalue weighted by Crippen LogP contribution is 2.44. The van der Waals surface area contributed by atoms with E-state index < -0.39 is 48.6 Å². The Bertz CT molecular complexity index is 1050. The van der Waals surface area contributed by atoms with Gasteiger partial charge in [0.2, 0.25) is 5.91 Å². The topological polar surface area (TPSA) is 105 Å². The number of carboxylic acids is 1. The molecule has 2 aliphatic carbocycles. The quantitative estimate of drug-likeness (QED) is 0.564. The molecule has 7 nitrogen and oxygen atoms in total. The third-order valence-electron chi connectivity index (χ3n) is 6.26. The van der Waals surface area contributed by atoms with Crippen LogP contribution in [0.1, 0.15) is 36.3 Å². The molecule has 2 aliphatic rings. The van der Waals surface area contributed by atoms with Gasteiger partial charge in [0, 0.05) is 17.9 Å². The van der Waals surface area contributed by atoms with E-state index in [2.05, 4.69) is 5.32 Å². The Morgan fingerprint density at radius 1 is 1.00 bits per heavy atom. The highest BCUT2D eigenvalue weighted by molar-refractivity contribution is 5.81. The smallest absolute Gasteiger partial charge is 0.409 e. The van der Waals surface area contributed by atoms with Crippen molar-refractivity contribution in [2.45, 2.75) is 43.4 Å². The standard InChI is InChI=1S/C24H23F3N2O5/c25-24(26,27)20(11-21(30)31)29-22(32)13-9-14(10-13)28-23(33)34-12-19-17-7-3-1-5-15(17)16-6-2-4-8-18(16)19/h1-8,13-14,19-20H,9-12H2,(H,28,33)(H,29,32)(H,30,31). The Kier molecular flexibility index (Phi) is 6.49. The fourth-order valence-electron chi connectivity index (χ4n) is 4.47. The molecule has 4 rings (SSSR count). The zero-order valence-corrected chi connectivity index (χ0v) is 18.0. The van der Waals surface area contributed by atoms with Crippen molar-refractivity contribution in [2.24, 2.45) is 5.92 Å². The van der Waals surface area contributed by atoms with Gasteiger partial charge < -0.3 is 20.5 Å².